The molecule has 1 heterocycles. The monoisotopic (exact) mass is 314 g/mol. The number of ketones is 1. The van der Waals surface area contributed by atoms with Gasteiger partial charge in [0.15, 0.2) is 5.78 Å². The molecule has 19 heavy (non-hydrogen) atoms. The summed E-state index contributed by atoms with van der Waals surface area (Å²) in [6.07, 6.45) is 1.15. The van der Waals surface area contributed by atoms with Crippen LogP contribution >= 0.6 is 34.5 Å². The van der Waals surface area contributed by atoms with Gasteiger partial charge in [0, 0.05) is 16.5 Å². The molecule has 0 atom stereocenters. The molecule has 0 N–H and O–H groups in total. The predicted molar refractivity (Wildman–Crippen MR) is 79.8 cm³/mol. The highest BCUT2D eigenvalue weighted by molar-refractivity contribution is 7.12. The maximum Gasteiger partial charge on any atom is 0.172 e. The van der Waals surface area contributed by atoms with Crippen LogP contribution in [0.1, 0.15) is 22.5 Å². The van der Waals surface area contributed by atoms with Crippen molar-refractivity contribution in [2.45, 2.75) is 12.8 Å². The van der Waals surface area contributed by atoms with Gasteiger partial charge in [-0.3, -0.25) is 4.79 Å². The summed E-state index contributed by atoms with van der Waals surface area (Å²) >= 11 is 13.2. The smallest absolute Gasteiger partial charge is 0.172 e. The van der Waals surface area contributed by atoms with Crippen molar-refractivity contribution < 1.29 is 9.53 Å². The molecule has 0 fully saturated rings. The topological polar surface area (TPSA) is 26.3 Å². The van der Waals surface area contributed by atoms with Crippen molar-refractivity contribution in [1.82, 2.24) is 0 Å². The fraction of sp³-hybridized carbons (Fsp3) is 0.214. The third kappa shape index (κ3) is 4.53. The Kier molecular flexibility index (Phi) is 5.25. The van der Waals surface area contributed by atoms with Crippen molar-refractivity contribution in [1.29, 1.82) is 0 Å². The minimum absolute atomic E-state index is 0.155. The number of thiophene rings is 1. The van der Waals surface area contributed by atoms with Crippen LogP contribution in [-0.2, 0) is 0 Å². The summed E-state index contributed by atoms with van der Waals surface area (Å²) in [4.78, 5) is 12.5. The zero-order chi connectivity index (χ0) is 13.7. The lowest BCUT2D eigenvalue weighted by Gasteiger charge is -2.06. The Morgan fingerprint density at radius 1 is 1.21 bits per heavy atom. The highest BCUT2D eigenvalue weighted by atomic mass is 35.5. The SMILES string of the molecule is O=C(CCCOc1cc(Cl)cc(Cl)c1)c1cccs1. The van der Waals surface area contributed by atoms with Crippen molar-refractivity contribution in [3.05, 3.63) is 50.6 Å². The first-order valence-corrected chi connectivity index (χ1v) is 7.44. The molecular formula is C14H12Cl2O2S. The van der Waals surface area contributed by atoms with Crippen molar-refractivity contribution in [2.75, 3.05) is 6.61 Å². The van der Waals surface area contributed by atoms with Gasteiger partial charge in [0.05, 0.1) is 11.5 Å². The van der Waals surface area contributed by atoms with Gasteiger partial charge in [-0.05, 0) is 36.1 Å². The summed E-state index contributed by atoms with van der Waals surface area (Å²) in [5.74, 6) is 0.781. The quantitative estimate of drug-likeness (QED) is 0.548. The lowest BCUT2D eigenvalue weighted by Crippen LogP contribution is -2.02. The van der Waals surface area contributed by atoms with E-state index in [1.807, 2.05) is 17.5 Å². The summed E-state index contributed by atoms with van der Waals surface area (Å²) < 4.78 is 5.52. The highest BCUT2D eigenvalue weighted by Gasteiger charge is 2.06. The molecule has 0 aliphatic rings. The van der Waals surface area contributed by atoms with Crippen molar-refractivity contribution in [2.24, 2.45) is 0 Å². The fourth-order valence-electron chi connectivity index (χ4n) is 1.60. The summed E-state index contributed by atoms with van der Waals surface area (Å²) in [6.45, 7) is 0.466. The zero-order valence-corrected chi connectivity index (χ0v) is 12.4. The standard InChI is InChI=1S/C14H12Cl2O2S/c15-10-7-11(16)9-12(8-10)18-5-1-3-13(17)14-4-2-6-19-14/h2,4,6-9H,1,3,5H2. The van der Waals surface area contributed by atoms with E-state index in [1.54, 1.807) is 18.2 Å². The van der Waals surface area contributed by atoms with Gasteiger partial charge >= 0.3 is 0 Å². The second kappa shape index (κ2) is 6.94. The molecule has 0 saturated carbocycles. The van der Waals surface area contributed by atoms with E-state index < -0.39 is 0 Å². The number of Topliss-reactive ketones (excluding diaryl/α,β-unsaturated/α-hetero) is 1. The summed E-state index contributed by atoms with van der Waals surface area (Å²) in [5, 5.41) is 2.98. The maximum absolute atomic E-state index is 11.7. The molecule has 0 spiro atoms. The zero-order valence-electron chi connectivity index (χ0n) is 10.1. The average Bonchev–Trinajstić information content (AvgIpc) is 2.87. The van der Waals surface area contributed by atoms with Crippen LogP contribution in [0.3, 0.4) is 0 Å². The first-order valence-electron chi connectivity index (χ1n) is 5.81. The number of benzene rings is 1. The fourth-order valence-corrected chi connectivity index (χ4v) is 2.80. The molecule has 0 amide bonds. The van der Waals surface area contributed by atoms with E-state index in [4.69, 9.17) is 27.9 Å². The summed E-state index contributed by atoms with van der Waals surface area (Å²) in [7, 11) is 0. The third-order valence-electron chi connectivity index (χ3n) is 2.45. The van der Waals surface area contributed by atoms with Gasteiger partial charge in [-0.15, -0.1) is 11.3 Å². The number of carbonyl (C=O) groups is 1. The maximum atomic E-state index is 11.7. The second-order valence-electron chi connectivity index (χ2n) is 3.96. The van der Waals surface area contributed by atoms with Crippen LogP contribution in [0.25, 0.3) is 0 Å². The molecule has 2 aromatic rings. The van der Waals surface area contributed by atoms with Gasteiger partial charge < -0.3 is 4.74 Å². The van der Waals surface area contributed by atoms with Gasteiger partial charge in [-0.25, -0.2) is 0 Å². The lowest BCUT2D eigenvalue weighted by molar-refractivity contribution is 0.0977. The summed E-state index contributed by atoms with van der Waals surface area (Å²) in [6, 6.07) is 8.77. The van der Waals surface area contributed by atoms with Crippen LogP contribution in [0.15, 0.2) is 35.7 Å². The van der Waals surface area contributed by atoms with Gasteiger partial charge in [0.1, 0.15) is 5.75 Å². The first kappa shape index (κ1) is 14.4. The third-order valence-corrected chi connectivity index (χ3v) is 3.80. The minimum atomic E-state index is 0.155. The number of ether oxygens (including phenoxy) is 1. The van der Waals surface area contributed by atoms with Crippen LogP contribution in [0.5, 0.6) is 5.75 Å². The number of hydrogen-bond donors (Lipinski definition) is 0. The normalized spacial score (nSPS) is 10.4. The molecule has 2 rings (SSSR count). The van der Waals surface area contributed by atoms with Crippen molar-refractivity contribution in [3.63, 3.8) is 0 Å². The molecule has 0 radical (unpaired) electrons. The molecule has 0 aliphatic heterocycles. The predicted octanol–water partition coefficient (Wildman–Crippen LogP) is 5.10. The van der Waals surface area contributed by atoms with E-state index in [-0.39, 0.29) is 5.78 Å². The van der Waals surface area contributed by atoms with Gasteiger partial charge in [-0.1, -0.05) is 29.3 Å². The molecular weight excluding hydrogens is 303 g/mol. The second-order valence-corrected chi connectivity index (χ2v) is 5.78. The molecule has 1 aromatic heterocycles. The van der Waals surface area contributed by atoms with Crippen LogP contribution in [-0.4, -0.2) is 12.4 Å². The van der Waals surface area contributed by atoms with E-state index in [0.29, 0.717) is 35.2 Å². The Hall–Kier alpha value is -1.03. The Morgan fingerprint density at radius 3 is 2.58 bits per heavy atom. The molecule has 0 unspecified atom stereocenters. The van der Waals surface area contributed by atoms with E-state index in [1.165, 1.54) is 11.3 Å². The molecule has 1 aromatic carbocycles. The Labute approximate surface area is 125 Å². The molecule has 0 aliphatic carbocycles. The van der Waals surface area contributed by atoms with Crippen LogP contribution in [0.2, 0.25) is 10.0 Å². The van der Waals surface area contributed by atoms with E-state index in [0.717, 1.165) is 4.88 Å². The number of hydrogen-bond acceptors (Lipinski definition) is 3. The summed E-state index contributed by atoms with van der Waals surface area (Å²) in [5.41, 5.74) is 0. The van der Waals surface area contributed by atoms with Crippen LogP contribution < -0.4 is 4.74 Å². The molecule has 5 heteroatoms. The Bertz CT molecular complexity index is 532. The first-order chi connectivity index (χ1) is 9.15. The van der Waals surface area contributed by atoms with Crippen molar-refractivity contribution in [3.8, 4) is 5.75 Å². The molecule has 0 saturated heterocycles. The Morgan fingerprint density at radius 2 is 1.95 bits per heavy atom. The van der Waals surface area contributed by atoms with Gasteiger partial charge in [0.2, 0.25) is 0 Å². The van der Waals surface area contributed by atoms with E-state index in [9.17, 15) is 4.79 Å². The number of halogens is 2. The average molecular weight is 315 g/mol. The minimum Gasteiger partial charge on any atom is -0.493 e. The molecule has 100 valence electrons. The van der Waals surface area contributed by atoms with Gasteiger partial charge in [-0.2, -0.15) is 0 Å². The van der Waals surface area contributed by atoms with Gasteiger partial charge in [0.25, 0.3) is 0 Å². The van der Waals surface area contributed by atoms with Crippen molar-refractivity contribution >= 4 is 40.3 Å². The molecule has 2 nitrogen and oxygen atoms in total. The van der Waals surface area contributed by atoms with Crippen LogP contribution in [0, 0.1) is 0 Å². The van der Waals surface area contributed by atoms with E-state index >= 15 is 0 Å². The largest absolute Gasteiger partial charge is 0.493 e. The number of rotatable bonds is 6. The highest BCUT2D eigenvalue weighted by Crippen LogP contribution is 2.24. The molecule has 0 bridgehead atoms. The van der Waals surface area contributed by atoms with E-state index in [2.05, 4.69) is 0 Å². The Balaban J connectivity index is 1.76. The van der Waals surface area contributed by atoms with Crippen LogP contribution in [0.4, 0.5) is 0 Å². The number of carbonyl (C=O) groups excluding carboxylic acids is 1. The lowest BCUT2D eigenvalue weighted by atomic mass is 10.2.